The smallest absolute Gasteiger partial charge is 0.457 e. The molecule has 0 spiro atoms. The average Bonchev–Trinajstić information content (AvgIpc) is 2.46. The Morgan fingerprint density at radius 2 is 1.27 bits per heavy atom. The fourth-order valence-corrected chi connectivity index (χ4v) is 1.24. The number of esters is 1. The van der Waals surface area contributed by atoms with E-state index in [-0.39, 0.29) is 0 Å². The molecule has 0 aliphatic heterocycles. The van der Waals surface area contributed by atoms with Gasteiger partial charge in [-0.2, -0.15) is 53.1 Å². The molecule has 0 saturated carbocycles. The van der Waals surface area contributed by atoms with Crippen molar-refractivity contribution >= 4 is 17.5 Å². The summed E-state index contributed by atoms with van der Waals surface area (Å²) in [5.74, 6) is -36.4. The summed E-state index contributed by atoms with van der Waals surface area (Å²) in [5.41, 5.74) is 5.55. The number of nitrogens with zero attached hydrogens (tertiary/aromatic N) is 2. The Morgan fingerprint density at radius 1 is 0.846 bits per heavy atom. The van der Waals surface area contributed by atoms with E-state index in [1.807, 2.05) is 0 Å². The fourth-order valence-electron chi connectivity index (χ4n) is 1.24. The molecule has 0 atom stereocenters. The Labute approximate surface area is 135 Å². The van der Waals surface area contributed by atoms with E-state index in [1.165, 1.54) is 4.79 Å². The number of hydrogen-bond acceptors (Lipinski definition) is 3. The normalized spacial score (nSPS) is 13.8. The maximum atomic E-state index is 13.4. The zero-order chi connectivity index (χ0) is 21.4. The molecule has 0 aromatic carbocycles. The molecule has 0 aliphatic rings. The average molecular weight is 410 g/mol. The van der Waals surface area contributed by atoms with E-state index in [9.17, 15) is 57.9 Å². The van der Waals surface area contributed by atoms with Crippen molar-refractivity contribution in [3.05, 3.63) is 5.53 Å². The first kappa shape index (κ1) is 23.8. The Balaban J connectivity index is 6.30. The molecule has 26 heavy (non-hydrogen) atoms. The molecule has 0 bridgehead atoms. The van der Waals surface area contributed by atoms with Crippen LogP contribution in [-0.4, -0.2) is 58.7 Å². The zero-order valence-corrected chi connectivity index (χ0v) is 12.0. The van der Waals surface area contributed by atoms with Gasteiger partial charge in [-0.05, 0) is 6.92 Å². The lowest BCUT2D eigenvalue weighted by Crippen LogP contribution is -2.69. The summed E-state index contributed by atoms with van der Waals surface area (Å²) in [6.45, 7) is 0.220. The van der Waals surface area contributed by atoms with E-state index in [1.54, 1.807) is 0 Å². The Kier molecular flexibility index (Phi) is 6.22. The molecule has 0 unspecified atom stereocenters. The van der Waals surface area contributed by atoms with Crippen LogP contribution in [0.3, 0.4) is 0 Å². The minimum Gasteiger partial charge on any atom is -0.457 e. The highest BCUT2D eigenvalue weighted by Gasteiger charge is 2.89. The van der Waals surface area contributed by atoms with Gasteiger partial charge >= 0.3 is 47.3 Å². The second-order valence-electron chi connectivity index (χ2n) is 4.29. The van der Waals surface area contributed by atoms with Gasteiger partial charge in [-0.15, -0.1) is 0 Å². The van der Waals surface area contributed by atoms with Crippen LogP contribution in [0, 0.1) is 0 Å². The molecule has 0 radical (unpaired) electrons. The number of Topliss-reactive ketones (excluding diaryl/α,β-unsaturated/α-hetero) is 1. The summed E-state index contributed by atoms with van der Waals surface area (Å²) < 4.78 is 144. The summed E-state index contributed by atoms with van der Waals surface area (Å²) in [4.78, 5) is 23.6. The van der Waals surface area contributed by atoms with Crippen molar-refractivity contribution in [2.45, 2.75) is 36.8 Å². The number of carbonyl (C=O) groups is 2. The third kappa shape index (κ3) is 3.37. The number of hydrogen-bond donors (Lipinski definition) is 0. The molecular formula is C10H5F11N2O3. The molecule has 0 rings (SSSR count). The Hall–Kier alpha value is -2.25. The predicted molar refractivity (Wildman–Crippen MR) is 56.1 cm³/mol. The van der Waals surface area contributed by atoms with Crippen molar-refractivity contribution in [3.8, 4) is 0 Å². The van der Waals surface area contributed by atoms with E-state index in [4.69, 9.17) is 5.53 Å². The van der Waals surface area contributed by atoms with Gasteiger partial charge in [-0.25, -0.2) is 4.79 Å². The third-order valence-electron chi connectivity index (χ3n) is 2.61. The van der Waals surface area contributed by atoms with Crippen molar-refractivity contribution < 1.29 is 67.4 Å². The van der Waals surface area contributed by atoms with Gasteiger partial charge in [0.25, 0.3) is 0 Å². The van der Waals surface area contributed by atoms with Crippen molar-refractivity contribution in [1.82, 2.24) is 0 Å². The molecule has 0 aromatic rings. The second kappa shape index (κ2) is 6.81. The number of carbonyl (C=O) groups excluding carboxylic acids is 2. The van der Waals surface area contributed by atoms with Crippen LogP contribution in [0.2, 0.25) is 0 Å². The number of halogens is 11. The SMILES string of the molecule is CCOC(=O)C(=[N+]=[N-])C(=O)C(F)(F)C(F)(F)C(F)(F)C(F)(F)C(F)(F)F. The lowest BCUT2D eigenvalue weighted by Gasteiger charge is -2.35. The van der Waals surface area contributed by atoms with E-state index >= 15 is 0 Å². The third-order valence-corrected chi connectivity index (χ3v) is 2.61. The highest BCUT2D eigenvalue weighted by molar-refractivity contribution is 6.63. The first-order valence-corrected chi connectivity index (χ1v) is 5.86. The molecule has 16 heteroatoms. The number of ketones is 1. The number of ether oxygens (including phenoxy) is 1. The monoisotopic (exact) mass is 410 g/mol. The van der Waals surface area contributed by atoms with E-state index in [0.717, 1.165) is 6.92 Å². The van der Waals surface area contributed by atoms with Gasteiger partial charge in [0, 0.05) is 0 Å². The molecule has 0 saturated heterocycles. The standard InChI is InChI=1S/C10H5F11N2O3/c1-2-26-5(25)3(23-22)4(24)6(11,12)7(13,14)8(15,16)9(17,18)10(19,20)21/h2H2,1H3. The van der Waals surface area contributed by atoms with E-state index in [2.05, 4.69) is 4.74 Å². The topological polar surface area (TPSA) is 79.8 Å². The van der Waals surface area contributed by atoms with Crippen LogP contribution in [0.5, 0.6) is 0 Å². The summed E-state index contributed by atoms with van der Waals surface area (Å²) in [6, 6.07) is 0. The fraction of sp³-hybridized carbons (Fsp3) is 0.700. The lowest BCUT2D eigenvalue weighted by atomic mass is 9.93. The predicted octanol–water partition coefficient (Wildman–Crippen LogP) is 2.89. The van der Waals surface area contributed by atoms with Crippen molar-refractivity contribution in [3.63, 3.8) is 0 Å². The molecule has 150 valence electrons. The second-order valence-corrected chi connectivity index (χ2v) is 4.29. The lowest BCUT2D eigenvalue weighted by molar-refractivity contribution is -0.416. The van der Waals surface area contributed by atoms with E-state index < -0.39 is 53.9 Å². The van der Waals surface area contributed by atoms with Crippen molar-refractivity contribution in [2.24, 2.45) is 0 Å². The van der Waals surface area contributed by atoms with Gasteiger partial charge in [0.1, 0.15) is 0 Å². The molecule has 0 fully saturated rings. The summed E-state index contributed by atoms with van der Waals surface area (Å²) in [5, 5.41) is 0. The largest absolute Gasteiger partial charge is 0.460 e. The van der Waals surface area contributed by atoms with Crippen LogP contribution in [0.25, 0.3) is 5.53 Å². The van der Waals surface area contributed by atoms with E-state index in [0.29, 0.717) is 0 Å². The van der Waals surface area contributed by atoms with Crippen LogP contribution in [0.15, 0.2) is 0 Å². The molecule has 0 amide bonds. The molecule has 0 aliphatic carbocycles. The van der Waals surface area contributed by atoms with Gasteiger partial charge in [-0.1, -0.05) is 0 Å². The van der Waals surface area contributed by atoms with Crippen molar-refractivity contribution in [2.75, 3.05) is 6.61 Å². The van der Waals surface area contributed by atoms with Crippen LogP contribution >= 0.6 is 0 Å². The minimum atomic E-state index is -7.84. The highest BCUT2D eigenvalue weighted by atomic mass is 19.4. The van der Waals surface area contributed by atoms with Crippen molar-refractivity contribution in [1.29, 1.82) is 0 Å². The zero-order valence-electron chi connectivity index (χ0n) is 12.0. The summed E-state index contributed by atoms with van der Waals surface area (Å²) in [6.07, 6.45) is -7.41. The van der Waals surface area contributed by atoms with Gasteiger partial charge < -0.3 is 10.3 Å². The highest BCUT2D eigenvalue weighted by Crippen LogP contribution is 2.57. The summed E-state index contributed by atoms with van der Waals surface area (Å²) in [7, 11) is 0. The maximum Gasteiger partial charge on any atom is 0.460 e. The Morgan fingerprint density at radius 3 is 1.58 bits per heavy atom. The van der Waals surface area contributed by atoms with Gasteiger partial charge in [-0.3, -0.25) is 4.79 Å². The first-order chi connectivity index (χ1) is 11.3. The van der Waals surface area contributed by atoms with Crippen LogP contribution in [-0.2, 0) is 14.3 Å². The molecular weight excluding hydrogens is 405 g/mol. The minimum absolute atomic E-state index is 0.741. The molecule has 0 N–H and O–H groups in total. The summed E-state index contributed by atoms with van der Waals surface area (Å²) >= 11 is 0. The van der Waals surface area contributed by atoms with Gasteiger partial charge in [0.15, 0.2) is 0 Å². The number of rotatable bonds is 7. The maximum absolute atomic E-state index is 13.4. The van der Waals surface area contributed by atoms with Crippen LogP contribution in [0.4, 0.5) is 48.3 Å². The van der Waals surface area contributed by atoms with Crippen LogP contribution < -0.4 is 0 Å². The molecule has 0 heterocycles. The number of alkyl halides is 11. The first-order valence-electron chi connectivity index (χ1n) is 5.86. The Bertz CT molecular complexity index is 635. The quantitative estimate of drug-likeness (QED) is 0.162. The van der Waals surface area contributed by atoms with Crippen LogP contribution in [0.1, 0.15) is 6.92 Å². The van der Waals surface area contributed by atoms with Gasteiger partial charge in [0.05, 0.1) is 6.61 Å². The van der Waals surface area contributed by atoms with Gasteiger partial charge in [0.2, 0.25) is 0 Å². The molecule has 5 nitrogen and oxygen atoms in total. The molecule has 0 aromatic heterocycles.